The molecule has 5 nitrogen and oxygen atoms in total. The van der Waals surface area contributed by atoms with Crippen LogP contribution in [0.3, 0.4) is 0 Å². The smallest absolute Gasteiger partial charge is 0.224 e. The average Bonchev–Trinajstić information content (AvgIpc) is 3.04. The Morgan fingerprint density at radius 3 is 2.46 bits per heavy atom. The predicted octanol–water partition coefficient (Wildman–Crippen LogP) is 4.73. The number of nitrogens with one attached hydrogen (secondary N) is 1. The van der Waals surface area contributed by atoms with Crippen LogP contribution >= 0.6 is 0 Å². The van der Waals surface area contributed by atoms with Crippen LogP contribution in [0.2, 0.25) is 0 Å². The summed E-state index contributed by atoms with van der Waals surface area (Å²) in [7, 11) is 0. The fourth-order valence-corrected chi connectivity index (χ4v) is 2.54. The zero-order valence-electron chi connectivity index (χ0n) is 15.2. The molecule has 0 saturated carbocycles. The second-order valence-corrected chi connectivity index (χ2v) is 7.29. The Hall–Kier alpha value is -2.95. The average molecular weight is 350 g/mol. The van der Waals surface area contributed by atoms with Crippen molar-refractivity contribution in [1.29, 1.82) is 0 Å². The van der Waals surface area contributed by atoms with Gasteiger partial charge in [-0.3, -0.25) is 9.59 Å². The summed E-state index contributed by atoms with van der Waals surface area (Å²) in [6, 6.07) is 14.3. The van der Waals surface area contributed by atoms with Gasteiger partial charge < -0.3 is 9.73 Å². The van der Waals surface area contributed by atoms with Gasteiger partial charge in [-0.15, -0.1) is 0 Å². The third kappa shape index (κ3) is 4.17. The van der Waals surface area contributed by atoms with Gasteiger partial charge in [0, 0.05) is 29.5 Å². The van der Waals surface area contributed by atoms with E-state index in [1.807, 2.05) is 39.0 Å². The maximum atomic E-state index is 12.1. The lowest BCUT2D eigenvalue weighted by atomic mass is 9.97. The zero-order valence-corrected chi connectivity index (χ0v) is 15.2. The van der Waals surface area contributed by atoms with Crippen LogP contribution in [0.5, 0.6) is 0 Å². The molecule has 3 rings (SSSR count). The molecule has 3 aromatic rings. The van der Waals surface area contributed by atoms with Crippen LogP contribution in [0.15, 0.2) is 52.9 Å². The Balaban J connectivity index is 1.63. The maximum absolute atomic E-state index is 12.1. The lowest BCUT2D eigenvalue weighted by Gasteiger charge is -2.11. The SMILES string of the molecule is CC(C)(C)c1nc2cc(NC(=O)CCC(=O)c3ccccc3)ccc2o1. The van der Waals surface area contributed by atoms with Crippen LogP contribution in [0.25, 0.3) is 11.1 Å². The molecule has 2 aromatic carbocycles. The molecule has 0 aliphatic carbocycles. The molecular weight excluding hydrogens is 328 g/mol. The summed E-state index contributed by atoms with van der Waals surface area (Å²) in [5.74, 6) is 0.417. The fraction of sp³-hybridized carbons (Fsp3) is 0.286. The summed E-state index contributed by atoms with van der Waals surface area (Å²) in [4.78, 5) is 28.7. The summed E-state index contributed by atoms with van der Waals surface area (Å²) in [6.07, 6.45) is 0.314. The molecule has 0 atom stereocenters. The van der Waals surface area contributed by atoms with Gasteiger partial charge >= 0.3 is 0 Å². The molecule has 0 aliphatic heterocycles. The quantitative estimate of drug-likeness (QED) is 0.675. The standard InChI is InChI=1S/C21H22N2O3/c1-21(2,3)20-23-16-13-15(9-11-18(16)26-20)22-19(25)12-10-17(24)14-7-5-4-6-8-14/h4-9,11,13H,10,12H2,1-3H3,(H,22,25). The number of amides is 1. The van der Waals surface area contributed by atoms with E-state index in [1.165, 1.54) is 0 Å². The van der Waals surface area contributed by atoms with Crippen molar-refractivity contribution in [2.45, 2.75) is 39.0 Å². The molecular formula is C21H22N2O3. The highest BCUT2D eigenvalue weighted by Crippen LogP contribution is 2.27. The van der Waals surface area contributed by atoms with Gasteiger partial charge in [0.1, 0.15) is 5.52 Å². The first-order valence-corrected chi connectivity index (χ1v) is 8.62. The van der Waals surface area contributed by atoms with E-state index in [0.717, 1.165) is 0 Å². The minimum Gasteiger partial charge on any atom is -0.440 e. The highest BCUT2D eigenvalue weighted by Gasteiger charge is 2.21. The van der Waals surface area contributed by atoms with Crippen LogP contribution in [0, 0.1) is 0 Å². The molecule has 1 amide bonds. The number of carbonyl (C=O) groups excluding carboxylic acids is 2. The minimum absolute atomic E-state index is 0.0393. The molecule has 5 heteroatoms. The molecule has 0 radical (unpaired) electrons. The van der Waals surface area contributed by atoms with Gasteiger partial charge in [0.15, 0.2) is 11.4 Å². The highest BCUT2D eigenvalue weighted by molar-refractivity contribution is 6.00. The van der Waals surface area contributed by atoms with E-state index in [4.69, 9.17) is 4.42 Å². The molecule has 26 heavy (non-hydrogen) atoms. The summed E-state index contributed by atoms with van der Waals surface area (Å²) in [5, 5.41) is 2.82. The molecule has 1 heterocycles. The van der Waals surface area contributed by atoms with Gasteiger partial charge in [-0.05, 0) is 18.2 Å². The molecule has 0 spiro atoms. The monoisotopic (exact) mass is 350 g/mol. The number of hydrogen-bond donors (Lipinski definition) is 1. The van der Waals surface area contributed by atoms with Crippen molar-refractivity contribution in [2.75, 3.05) is 5.32 Å². The van der Waals surface area contributed by atoms with Crippen molar-refractivity contribution in [3.05, 3.63) is 60.0 Å². The number of hydrogen-bond acceptors (Lipinski definition) is 4. The van der Waals surface area contributed by atoms with Gasteiger partial charge in [-0.2, -0.15) is 0 Å². The largest absolute Gasteiger partial charge is 0.440 e. The second-order valence-electron chi connectivity index (χ2n) is 7.29. The van der Waals surface area contributed by atoms with Crippen LogP contribution in [0.4, 0.5) is 5.69 Å². The van der Waals surface area contributed by atoms with E-state index in [9.17, 15) is 9.59 Å². The molecule has 0 unspecified atom stereocenters. The van der Waals surface area contributed by atoms with Gasteiger partial charge in [0.25, 0.3) is 0 Å². The number of rotatable bonds is 5. The lowest BCUT2D eigenvalue weighted by Crippen LogP contribution is -2.13. The number of benzene rings is 2. The first-order chi connectivity index (χ1) is 12.3. The summed E-state index contributed by atoms with van der Waals surface area (Å²) < 4.78 is 5.75. The summed E-state index contributed by atoms with van der Waals surface area (Å²) >= 11 is 0. The number of fused-ring (bicyclic) bond motifs is 1. The number of Topliss-reactive ketones (excluding diaryl/α,β-unsaturated/α-hetero) is 1. The Kier molecular flexibility index (Phi) is 4.89. The molecule has 134 valence electrons. The number of anilines is 1. The highest BCUT2D eigenvalue weighted by atomic mass is 16.3. The van der Waals surface area contributed by atoms with Crippen molar-refractivity contribution in [3.63, 3.8) is 0 Å². The Morgan fingerprint density at radius 1 is 1.04 bits per heavy atom. The Bertz CT molecular complexity index is 937. The van der Waals surface area contributed by atoms with Gasteiger partial charge in [-0.25, -0.2) is 4.98 Å². The first-order valence-electron chi connectivity index (χ1n) is 8.62. The van der Waals surface area contributed by atoms with Crippen molar-refractivity contribution in [2.24, 2.45) is 0 Å². The van der Waals surface area contributed by atoms with E-state index in [0.29, 0.717) is 28.2 Å². The molecule has 1 N–H and O–H groups in total. The molecule has 0 bridgehead atoms. The number of nitrogens with zero attached hydrogens (tertiary/aromatic N) is 1. The van der Waals surface area contributed by atoms with Crippen LogP contribution < -0.4 is 5.32 Å². The van der Waals surface area contributed by atoms with Crippen molar-refractivity contribution < 1.29 is 14.0 Å². The van der Waals surface area contributed by atoms with Gasteiger partial charge in [0.2, 0.25) is 11.8 Å². The third-order valence-corrected chi connectivity index (χ3v) is 3.99. The van der Waals surface area contributed by atoms with Crippen LogP contribution in [-0.2, 0) is 10.2 Å². The van der Waals surface area contributed by atoms with Gasteiger partial charge in [-0.1, -0.05) is 51.1 Å². The summed E-state index contributed by atoms with van der Waals surface area (Å²) in [6.45, 7) is 6.10. The normalized spacial score (nSPS) is 11.5. The van der Waals surface area contributed by atoms with E-state index in [1.54, 1.807) is 30.3 Å². The molecule has 0 fully saturated rings. The second kappa shape index (κ2) is 7.12. The van der Waals surface area contributed by atoms with Crippen LogP contribution in [0.1, 0.15) is 49.9 Å². The molecule has 0 aliphatic rings. The third-order valence-electron chi connectivity index (χ3n) is 3.99. The molecule has 1 aromatic heterocycles. The van der Waals surface area contributed by atoms with E-state index < -0.39 is 0 Å². The fourth-order valence-electron chi connectivity index (χ4n) is 2.54. The first kappa shape index (κ1) is 17.9. The van der Waals surface area contributed by atoms with Crippen molar-refractivity contribution in [3.8, 4) is 0 Å². The number of ketones is 1. The predicted molar refractivity (Wildman–Crippen MR) is 101 cm³/mol. The lowest BCUT2D eigenvalue weighted by molar-refractivity contribution is -0.116. The minimum atomic E-state index is -0.201. The van der Waals surface area contributed by atoms with Crippen LogP contribution in [-0.4, -0.2) is 16.7 Å². The summed E-state index contributed by atoms with van der Waals surface area (Å²) in [5.41, 5.74) is 2.47. The zero-order chi connectivity index (χ0) is 18.7. The van der Waals surface area contributed by atoms with Crippen molar-refractivity contribution in [1.82, 2.24) is 4.98 Å². The van der Waals surface area contributed by atoms with Crippen molar-refractivity contribution >= 4 is 28.5 Å². The molecule has 0 saturated heterocycles. The number of aromatic nitrogens is 1. The van der Waals surface area contributed by atoms with E-state index in [2.05, 4.69) is 10.3 Å². The van der Waals surface area contributed by atoms with Gasteiger partial charge in [0.05, 0.1) is 0 Å². The maximum Gasteiger partial charge on any atom is 0.224 e. The topological polar surface area (TPSA) is 72.2 Å². The number of oxazole rings is 1. The van der Waals surface area contributed by atoms with E-state index >= 15 is 0 Å². The Labute approximate surface area is 152 Å². The number of carbonyl (C=O) groups is 2. The van der Waals surface area contributed by atoms with E-state index in [-0.39, 0.29) is 29.9 Å². The Morgan fingerprint density at radius 2 is 1.77 bits per heavy atom.